The van der Waals surface area contributed by atoms with Gasteiger partial charge in [0, 0.05) is 29.6 Å². The lowest BCUT2D eigenvalue weighted by molar-refractivity contribution is -0.194. The van der Waals surface area contributed by atoms with Gasteiger partial charge in [-0.25, -0.2) is 0 Å². The van der Waals surface area contributed by atoms with E-state index < -0.39 is 30.0 Å². The van der Waals surface area contributed by atoms with Crippen LogP contribution < -0.4 is 5.32 Å². The fourth-order valence-corrected chi connectivity index (χ4v) is 3.72. The Labute approximate surface area is 174 Å². The van der Waals surface area contributed by atoms with Crippen molar-refractivity contribution < 1.29 is 27.6 Å². The zero-order chi connectivity index (χ0) is 22.2. The third kappa shape index (κ3) is 3.86. The van der Waals surface area contributed by atoms with Crippen LogP contribution in [0.4, 0.5) is 18.9 Å². The average molecular weight is 427 g/mol. The van der Waals surface area contributed by atoms with Gasteiger partial charge in [-0.15, -0.1) is 0 Å². The van der Waals surface area contributed by atoms with Crippen molar-refractivity contribution in [1.29, 1.82) is 0 Å². The molecule has 0 bridgehead atoms. The third-order valence-corrected chi connectivity index (χ3v) is 5.27. The van der Waals surface area contributed by atoms with E-state index in [-0.39, 0.29) is 6.54 Å². The molecule has 1 saturated heterocycles. The highest BCUT2D eigenvalue weighted by molar-refractivity contribution is 6.04. The first-order chi connectivity index (χ1) is 14.8. The molecule has 0 spiro atoms. The average Bonchev–Trinajstić information content (AvgIpc) is 2.73. The first kappa shape index (κ1) is 20.5. The summed E-state index contributed by atoms with van der Waals surface area (Å²) in [5.41, 5.74) is 1.78. The van der Waals surface area contributed by atoms with Crippen LogP contribution in [0.1, 0.15) is 21.8 Å². The van der Waals surface area contributed by atoms with E-state index in [0.29, 0.717) is 33.5 Å². The summed E-state index contributed by atoms with van der Waals surface area (Å²) in [6.45, 7) is -0.259. The van der Waals surface area contributed by atoms with Gasteiger partial charge in [0.1, 0.15) is 12.3 Å². The van der Waals surface area contributed by atoms with Crippen LogP contribution in [0, 0.1) is 0 Å². The predicted octanol–water partition coefficient (Wildman–Crippen LogP) is 3.54. The normalized spacial score (nSPS) is 18.4. The molecule has 1 aliphatic rings. The van der Waals surface area contributed by atoms with E-state index in [1.165, 1.54) is 18.3 Å². The molecule has 0 aliphatic carbocycles. The first-order valence-electron chi connectivity index (χ1n) is 9.37. The SMILES string of the molecule is O=Cc1ccc([C@H]2CN(C(=O)C(F)(F)F)[C@H]2C(=O)Nc2cccc3cccnc23)cc1. The summed E-state index contributed by atoms with van der Waals surface area (Å²) in [6.07, 6.45) is -2.91. The summed E-state index contributed by atoms with van der Waals surface area (Å²) in [5.74, 6) is -3.45. The summed E-state index contributed by atoms with van der Waals surface area (Å²) in [6, 6.07) is 13.4. The number of carbonyl (C=O) groups is 3. The van der Waals surface area contributed by atoms with E-state index in [9.17, 15) is 27.6 Å². The lowest BCUT2D eigenvalue weighted by atomic mass is 9.81. The molecule has 0 radical (unpaired) electrons. The van der Waals surface area contributed by atoms with Gasteiger partial charge in [-0.05, 0) is 17.7 Å². The molecule has 1 aliphatic heterocycles. The van der Waals surface area contributed by atoms with Crippen molar-refractivity contribution in [3.8, 4) is 0 Å². The van der Waals surface area contributed by atoms with Gasteiger partial charge < -0.3 is 10.2 Å². The van der Waals surface area contributed by atoms with Crippen molar-refractivity contribution in [2.24, 2.45) is 0 Å². The molecule has 0 saturated carbocycles. The Morgan fingerprint density at radius 3 is 2.45 bits per heavy atom. The number of halogens is 3. The molecule has 1 fully saturated rings. The first-order valence-corrected chi connectivity index (χ1v) is 9.37. The van der Waals surface area contributed by atoms with Gasteiger partial charge in [0.05, 0.1) is 11.2 Å². The van der Waals surface area contributed by atoms with Crippen LogP contribution in [-0.4, -0.2) is 46.7 Å². The molecule has 6 nitrogen and oxygen atoms in total. The molecule has 4 rings (SSSR count). The second-order valence-corrected chi connectivity index (χ2v) is 7.16. The minimum absolute atomic E-state index is 0.259. The summed E-state index contributed by atoms with van der Waals surface area (Å²) in [4.78, 5) is 40.5. The summed E-state index contributed by atoms with van der Waals surface area (Å²) in [7, 11) is 0. The molecule has 3 aromatic rings. The van der Waals surface area contributed by atoms with Crippen molar-refractivity contribution in [2.75, 3.05) is 11.9 Å². The van der Waals surface area contributed by atoms with Crippen molar-refractivity contribution in [3.63, 3.8) is 0 Å². The summed E-state index contributed by atoms with van der Waals surface area (Å²) < 4.78 is 39.1. The number of anilines is 1. The van der Waals surface area contributed by atoms with Gasteiger partial charge >= 0.3 is 12.1 Å². The Bertz CT molecular complexity index is 1160. The molecule has 2 atom stereocenters. The maximum atomic E-state index is 13.0. The fourth-order valence-electron chi connectivity index (χ4n) is 3.72. The minimum atomic E-state index is -5.09. The Morgan fingerprint density at radius 1 is 1.06 bits per heavy atom. The Hall–Kier alpha value is -3.75. The number of likely N-dealkylation sites (tertiary alicyclic amines) is 1. The number of nitrogens with one attached hydrogen (secondary N) is 1. The van der Waals surface area contributed by atoms with Gasteiger partial charge in [0.15, 0.2) is 0 Å². The van der Waals surface area contributed by atoms with Gasteiger partial charge in [0.2, 0.25) is 5.91 Å². The molecule has 0 unspecified atom stereocenters. The number of alkyl halides is 3. The quantitative estimate of drug-likeness (QED) is 0.646. The van der Waals surface area contributed by atoms with Gasteiger partial charge in [0.25, 0.3) is 0 Å². The lowest BCUT2D eigenvalue weighted by Gasteiger charge is -2.47. The molecule has 1 aromatic heterocycles. The smallest absolute Gasteiger partial charge is 0.322 e. The highest BCUT2D eigenvalue weighted by atomic mass is 19.4. The number of pyridine rings is 1. The van der Waals surface area contributed by atoms with Crippen molar-refractivity contribution in [1.82, 2.24) is 9.88 Å². The van der Waals surface area contributed by atoms with Crippen molar-refractivity contribution in [3.05, 3.63) is 71.9 Å². The van der Waals surface area contributed by atoms with Crippen LogP contribution in [-0.2, 0) is 9.59 Å². The number of rotatable bonds is 4. The van der Waals surface area contributed by atoms with E-state index in [4.69, 9.17) is 0 Å². The zero-order valence-electron chi connectivity index (χ0n) is 16.0. The van der Waals surface area contributed by atoms with Crippen molar-refractivity contribution >= 4 is 34.7 Å². The Balaban J connectivity index is 1.65. The number of hydrogen-bond acceptors (Lipinski definition) is 4. The zero-order valence-corrected chi connectivity index (χ0v) is 16.0. The summed E-state index contributed by atoms with van der Waals surface area (Å²) >= 11 is 0. The van der Waals surface area contributed by atoms with Crippen molar-refractivity contribution in [2.45, 2.75) is 18.1 Å². The molecule has 2 heterocycles. The van der Waals surface area contributed by atoms with Gasteiger partial charge in [-0.2, -0.15) is 13.2 Å². The second-order valence-electron chi connectivity index (χ2n) is 7.16. The third-order valence-electron chi connectivity index (χ3n) is 5.27. The number of aromatic nitrogens is 1. The molecule has 1 N–H and O–H groups in total. The van der Waals surface area contributed by atoms with Crippen LogP contribution in [0.25, 0.3) is 10.9 Å². The molecular weight excluding hydrogens is 411 g/mol. The van der Waals surface area contributed by atoms with E-state index in [1.807, 2.05) is 0 Å². The minimum Gasteiger partial charge on any atom is -0.322 e. The molecular formula is C22H16F3N3O3. The standard InChI is InChI=1S/C22H16F3N3O3/c23-22(24,25)21(31)28-11-16(14-8-6-13(12-29)7-9-14)19(28)20(30)27-17-5-1-3-15-4-2-10-26-18(15)17/h1-10,12,16,19H,11H2,(H,27,30)/t16-,19-/m1/s1. The van der Waals surface area contributed by atoms with E-state index in [1.54, 1.807) is 42.5 Å². The molecule has 2 aromatic carbocycles. The molecule has 9 heteroatoms. The molecule has 158 valence electrons. The van der Waals surface area contributed by atoms with Gasteiger partial charge in [-0.3, -0.25) is 19.4 Å². The van der Waals surface area contributed by atoms with Crippen LogP contribution in [0.15, 0.2) is 60.8 Å². The van der Waals surface area contributed by atoms with E-state index >= 15 is 0 Å². The Morgan fingerprint density at radius 2 is 1.77 bits per heavy atom. The number of hydrogen-bond donors (Lipinski definition) is 1. The topological polar surface area (TPSA) is 79.4 Å². The number of amides is 2. The number of para-hydroxylation sites is 1. The highest BCUT2D eigenvalue weighted by Crippen LogP contribution is 2.38. The molecule has 2 amide bonds. The lowest BCUT2D eigenvalue weighted by Crippen LogP contribution is -2.64. The maximum absolute atomic E-state index is 13.0. The fraction of sp³-hybridized carbons (Fsp3) is 0.182. The van der Waals surface area contributed by atoms with Crippen LogP contribution in [0.3, 0.4) is 0 Å². The van der Waals surface area contributed by atoms with E-state index in [2.05, 4.69) is 10.3 Å². The monoisotopic (exact) mass is 427 g/mol. The van der Waals surface area contributed by atoms with Crippen LogP contribution in [0.2, 0.25) is 0 Å². The summed E-state index contributed by atoms with van der Waals surface area (Å²) in [5, 5.41) is 3.37. The molecule has 31 heavy (non-hydrogen) atoms. The number of fused-ring (bicyclic) bond motifs is 1. The Kier molecular flexibility index (Phi) is 5.18. The largest absolute Gasteiger partial charge is 0.471 e. The number of nitrogens with zero attached hydrogens (tertiary/aromatic N) is 2. The van der Waals surface area contributed by atoms with Gasteiger partial charge in [-0.1, -0.05) is 42.5 Å². The number of aldehydes is 1. The van der Waals surface area contributed by atoms with E-state index in [0.717, 1.165) is 5.39 Å². The number of carbonyl (C=O) groups excluding carboxylic acids is 3. The predicted molar refractivity (Wildman–Crippen MR) is 106 cm³/mol. The second kappa shape index (κ2) is 7.82. The van der Waals surface area contributed by atoms with Crippen LogP contribution >= 0.6 is 0 Å². The highest BCUT2D eigenvalue weighted by Gasteiger charge is 2.54. The maximum Gasteiger partial charge on any atom is 0.471 e. The van der Waals surface area contributed by atoms with Crippen LogP contribution in [0.5, 0.6) is 0 Å². The number of benzene rings is 2.